The average Bonchev–Trinajstić information content (AvgIpc) is 2.48. The maximum absolute atomic E-state index is 12.7. The molecule has 0 bridgehead atoms. The molecule has 2 fully saturated rings. The Kier molecular flexibility index (Phi) is 4.99. The van der Waals surface area contributed by atoms with Gasteiger partial charge in [-0.3, -0.25) is 14.5 Å². The third-order valence-electron chi connectivity index (χ3n) is 4.53. The highest BCUT2D eigenvalue weighted by molar-refractivity contribution is 5.82. The van der Waals surface area contributed by atoms with Crippen molar-refractivity contribution in [2.45, 2.75) is 19.8 Å². The largest absolute Gasteiger partial charge is 0.358 e. The van der Waals surface area contributed by atoms with Crippen LogP contribution in [0.5, 0.6) is 0 Å². The zero-order valence-corrected chi connectivity index (χ0v) is 12.6. The van der Waals surface area contributed by atoms with Crippen molar-refractivity contribution in [3.8, 4) is 0 Å². The molecular formula is C14H26N4O2. The van der Waals surface area contributed by atoms with Gasteiger partial charge in [0.15, 0.2) is 0 Å². The molecule has 0 aromatic rings. The zero-order valence-electron chi connectivity index (χ0n) is 12.6. The van der Waals surface area contributed by atoms with Crippen molar-refractivity contribution in [3.63, 3.8) is 0 Å². The van der Waals surface area contributed by atoms with Crippen LogP contribution in [-0.4, -0.2) is 74.5 Å². The Morgan fingerprint density at radius 1 is 1.15 bits per heavy atom. The summed E-state index contributed by atoms with van der Waals surface area (Å²) in [4.78, 5) is 28.1. The van der Waals surface area contributed by atoms with Crippen molar-refractivity contribution in [2.75, 3.05) is 52.9 Å². The summed E-state index contributed by atoms with van der Waals surface area (Å²) in [5.41, 5.74) is -0.200. The second-order valence-corrected chi connectivity index (χ2v) is 6.05. The van der Waals surface area contributed by atoms with Gasteiger partial charge in [-0.15, -0.1) is 0 Å². The van der Waals surface area contributed by atoms with Crippen LogP contribution in [-0.2, 0) is 9.59 Å². The molecule has 0 aromatic carbocycles. The summed E-state index contributed by atoms with van der Waals surface area (Å²) in [5, 5.41) is 5.95. The highest BCUT2D eigenvalue weighted by atomic mass is 16.2. The topological polar surface area (TPSA) is 64.7 Å². The number of carbonyl (C=O) groups excluding carboxylic acids is 2. The van der Waals surface area contributed by atoms with Crippen molar-refractivity contribution < 1.29 is 9.59 Å². The Bertz CT molecular complexity index is 358. The fourth-order valence-corrected chi connectivity index (χ4v) is 2.97. The summed E-state index contributed by atoms with van der Waals surface area (Å²) < 4.78 is 0. The monoisotopic (exact) mass is 282 g/mol. The molecule has 0 unspecified atom stereocenters. The second kappa shape index (κ2) is 6.54. The molecule has 0 saturated carbocycles. The standard InChI is InChI=1S/C14H26N4O2/c1-14(3-5-16-6-4-14)13(20)18-9-7-17(8-10-18)11-12(19)15-2/h16H,3-11H2,1-2H3,(H,15,19). The molecule has 2 N–H and O–H groups in total. The number of amides is 2. The Balaban J connectivity index is 1.84. The van der Waals surface area contributed by atoms with Gasteiger partial charge < -0.3 is 15.5 Å². The van der Waals surface area contributed by atoms with Crippen LogP contribution in [0.15, 0.2) is 0 Å². The smallest absolute Gasteiger partial charge is 0.233 e. The van der Waals surface area contributed by atoms with E-state index in [9.17, 15) is 9.59 Å². The summed E-state index contributed by atoms with van der Waals surface area (Å²) >= 11 is 0. The van der Waals surface area contributed by atoms with E-state index < -0.39 is 0 Å². The number of piperidine rings is 1. The van der Waals surface area contributed by atoms with Gasteiger partial charge in [0.25, 0.3) is 0 Å². The zero-order chi connectivity index (χ0) is 14.6. The molecule has 0 spiro atoms. The summed E-state index contributed by atoms with van der Waals surface area (Å²) in [6.45, 7) is 7.42. The van der Waals surface area contributed by atoms with Gasteiger partial charge in [-0.2, -0.15) is 0 Å². The van der Waals surface area contributed by atoms with Gasteiger partial charge in [0.1, 0.15) is 0 Å². The normalized spacial score (nSPS) is 23.4. The maximum Gasteiger partial charge on any atom is 0.233 e. The lowest BCUT2D eigenvalue weighted by Gasteiger charge is -2.41. The van der Waals surface area contributed by atoms with Gasteiger partial charge >= 0.3 is 0 Å². The van der Waals surface area contributed by atoms with Crippen LogP contribution in [0.1, 0.15) is 19.8 Å². The fourth-order valence-electron chi connectivity index (χ4n) is 2.97. The molecule has 6 nitrogen and oxygen atoms in total. The molecule has 0 atom stereocenters. The van der Waals surface area contributed by atoms with E-state index in [1.54, 1.807) is 7.05 Å². The van der Waals surface area contributed by atoms with E-state index in [1.165, 1.54) is 0 Å². The van der Waals surface area contributed by atoms with E-state index in [4.69, 9.17) is 0 Å². The first-order valence-corrected chi connectivity index (χ1v) is 7.48. The number of likely N-dealkylation sites (N-methyl/N-ethyl adjacent to an activating group) is 1. The quantitative estimate of drug-likeness (QED) is 0.716. The molecule has 2 aliphatic heterocycles. The minimum Gasteiger partial charge on any atom is -0.358 e. The number of hydrogen-bond donors (Lipinski definition) is 2. The minimum atomic E-state index is -0.200. The van der Waals surface area contributed by atoms with E-state index in [0.29, 0.717) is 12.5 Å². The van der Waals surface area contributed by atoms with Crippen molar-refractivity contribution >= 4 is 11.8 Å². The summed E-state index contributed by atoms with van der Waals surface area (Å²) in [6.07, 6.45) is 1.84. The SMILES string of the molecule is CNC(=O)CN1CCN(C(=O)C2(C)CCNCC2)CC1. The Morgan fingerprint density at radius 2 is 1.75 bits per heavy atom. The lowest BCUT2D eigenvalue weighted by Crippen LogP contribution is -2.55. The molecular weight excluding hydrogens is 256 g/mol. The van der Waals surface area contributed by atoms with Crippen molar-refractivity contribution in [3.05, 3.63) is 0 Å². The number of piperazine rings is 1. The predicted octanol–water partition coefficient (Wildman–Crippen LogP) is -0.734. The molecule has 2 amide bonds. The Labute approximate surface area is 120 Å². The van der Waals surface area contributed by atoms with Gasteiger partial charge in [0.05, 0.1) is 6.54 Å². The van der Waals surface area contributed by atoms with Gasteiger partial charge in [-0.1, -0.05) is 6.92 Å². The lowest BCUT2D eigenvalue weighted by molar-refractivity contribution is -0.144. The first kappa shape index (κ1) is 15.3. The van der Waals surface area contributed by atoms with Crippen molar-refractivity contribution in [1.82, 2.24) is 20.4 Å². The van der Waals surface area contributed by atoms with Crippen molar-refractivity contribution in [2.24, 2.45) is 5.41 Å². The van der Waals surface area contributed by atoms with Crippen LogP contribution in [0.4, 0.5) is 0 Å². The third-order valence-corrected chi connectivity index (χ3v) is 4.53. The van der Waals surface area contributed by atoms with Gasteiger partial charge in [-0.25, -0.2) is 0 Å². The molecule has 6 heteroatoms. The van der Waals surface area contributed by atoms with Crippen LogP contribution in [0.25, 0.3) is 0 Å². The number of hydrogen-bond acceptors (Lipinski definition) is 4. The van der Waals surface area contributed by atoms with E-state index in [-0.39, 0.29) is 11.3 Å². The minimum absolute atomic E-state index is 0.0371. The molecule has 20 heavy (non-hydrogen) atoms. The van der Waals surface area contributed by atoms with Crippen LogP contribution in [0.3, 0.4) is 0 Å². The molecule has 2 heterocycles. The molecule has 2 saturated heterocycles. The van der Waals surface area contributed by atoms with E-state index in [1.807, 2.05) is 4.90 Å². The molecule has 114 valence electrons. The van der Waals surface area contributed by atoms with Gasteiger partial charge in [-0.05, 0) is 25.9 Å². The van der Waals surface area contributed by atoms with E-state index in [2.05, 4.69) is 22.5 Å². The van der Waals surface area contributed by atoms with E-state index in [0.717, 1.165) is 52.1 Å². The van der Waals surface area contributed by atoms with Crippen LogP contribution in [0.2, 0.25) is 0 Å². The van der Waals surface area contributed by atoms with Crippen LogP contribution >= 0.6 is 0 Å². The number of rotatable bonds is 3. The number of nitrogens with one attached hydrogen (secondary N) is 2. The maximum atomic E-state index is 12.7. The van der Waals surface area contributed by atoms with E-state index >= 15 is 0 Å². The molecule has 2 aliphatic rings. The average molecular weight is 282 g/mol. The summed E-state index contributed by atoms with van der Waals surface area (Å²) in [7, 11) is 1.65. The van der Waals surface area contributed by atoms with Crippen LogP contribution in [0, 0.1) is 5.41 Å². The highest BCUT2D eigenvalue weighted by Crippen LogP contribution is 2.30. The third kappa shape index (κ3) is 3.49. The second-order valence-electron chi connectivity index (χ2n) is 6.05. The number of nitrogens with zero attached hydrogens (tertiary/aromatic N) is 2. The lowest BCUT2D eigenvalue weighted by atomic mass is 9.79. The fraction of sp³-hybridized carbons (Fsp3) is 0.857. The van der Waals surface area contributed by atoms with Crippen molar-refractivity contribution in [1.29, 1.82) is 0 Å². The van der Waals surface area contributed by atoms with Gasteiger partial charge in [0, 0.05) is 38.6 Å². The van der Waals surface area contributed by atoms with Crippen LogP contribution < -0.4 is 10.6 Å². The van der Waals surface area contributed by atoms with Gasteiger partial charge in [0.2, 0.25) is 11.8 Å². The molecule has 0 aliphatic carbocycles. The predicted molar refractivity (Wildman–Crippen MR) is 77.3 cm³/mol. The highest BCUT2D eigenvalue weighted by Gasteiger charge is 2.38. The first-order valence-electron chi connectivity index (χ1n) is 7.48. The first-order chi connectivity index (χ1) is 9.55. The Hall–Kier alpha value is -1.14. The molecule has 2 rings (SSSR count). The molecule has 0 aromatic heterocycles. The number of carbonyl (C=O) groups is 2. The Morgan fingerprint density at radius 3 is 2.30 bits per heavy atom. The molecule has 0 radical (unpaired) electrons. The summed E-state index contributed by atoms with van der Waals surface area (Å²) in [6, 6.07) is 0. The summed E-state index contributed by atoms with van der Waals surface area (Å²) in [5.74, 6) is 0.327.